The van der Waals surface area contributed by atoms with Crippen molar-refractivity contribution < 1.29 is 9.53 Å². The van der Waals surface area contributed by atoms with Crippen molar-refractivity contribution in [3.63, 3.8) is 0 Å². The number of nitrogens with zero attached hydrogens (tertiary/aromatic N) is 5. The molecule has 1 aliphatic rings. The van der Waals surface area contributed by atoms with E-state index >= 15 is 0 Å². The summed E-state index contributed by atoms with van der Waals surface area (Å²) in [5.41, 5.74) is 0.721. The Morgan fingerprint density at radius 2 is 2.00 bits per heavy atom. The minimum absolute atomic E-state index is 0.224. The normalized spacial score (nSPS) is 21.4. The van der Waals surface area contributed by atoms with Crippen molar-refractivity contribution in [2.75, 3.05) is 7.11 Å². The van der Waals surface area contributed by atoms with Crippen LogP contribution in [0, 0.1) is 18.3 Å². The Kier molecular flexibility index (Phi) is 4.67. The second kappa shape index (κ2) is 6.85. The Bertz CT molecular complexity index is 1270. The first-order valence-corrected chi connectivity index (χ1v) is 10.3. The zero-order chi connectivity index (χ0) is 22.0. The summed E-state index contributed by atoms with van der Waals surface area (Å²) in [5, 5.41) is 0. The third kappa shape index (κ3) is 3.07. The lowest BCUT2D eigenvalue weighted by atomic mass is 9.70. The molecule has 0 spiro atoms. The number of hydrogen-bond donors (Lipinski definition) is 0. The molecule has 3 heterocycles. The molecule has 1 aliphatic carbocycles. The van der Waals surface area contributed by atoms with E-state index < -0.39 is 23.8 Å². The number of rotatable bonds is 3. The molecule has 1 fully saturated rings. The molecule has 2 atom stereocenters. The molecule has 0 bridgehead atoms. The molecule has 0 aliphatic heterocycles. The molecular formula is C21H29N5O4. The molecule has 0 amide bonds. The Hall–Kier alpha value is -2.84. The van der Waals surface area contributed by atoms with Gasteiger partial charge in [-0.15, -0.1) is 0 Å². The van der Waals surface area contributed by atoms with Gasteiger partial charge in [-0.25, -0.2) is 9.36 Å². The number of carbonyl (C=O) groups is 1. The molecule has 3 aromatic heterocycles. The summed E-state index contributed by atoms with van der Waals surface area (Å²) in [6, 6.07) is 0.271. The van der Waals surface area contributed by atoms with Crippen molar-refractivity contribution in [1.29, 1.82) is 0 Å². The van der Waals surface area contributed by atoms with E-state index in [2.05, 4.69) is 30.1 Å². The van der Waals surface area contributed by atoms with Gasteiger partial charge in [0.05, 0.1) is 7.11 Å². The van der Waals surface area contributed by atoms with Crippen molar-refractivity contribution in [2.45, 2.75) is 59.5 Å². The quantitative estimate of drug-likeness (QED) is 0.610. The highest BCUT2D eigenvalue weighted by atomic mass is 16.5. The second-order valence-corrected chi connectivity index (χ2v) is 9.47. The van der Waals surface area contributed by atoms with E-state index in [1.807, 2.05) is 13.1 Å². The predicted octanol–water partition coefficient (Wildman–Crippen LogP) is 2.02. The summed E-state index contributed by atoms with van der Waals surface area (Å²) in [5.74, 6) is 0.591. The van der Waals surface area contributed by atoms with E-state index in [9.17, 15) is 14.4 Å². The van der Waals surface area contributed by atoms with Crippen LogP contribution >= 0.6 is 0 Å². The van der Waals surface area contributed by atoms with Crippen molar-refractivity contribution >= 4 is 22.9 Å². The largest absolute Gasteiger partial charge is 0.468 e. The Labute approximate surface area is 173 Å². The molecule has 1 saturated carbocycles. The number of hydrogen-bond acceptors (Lipinski definition) is 5. The van der Waals surface area contributed by atoms with Crippen LogP contribution in [0.3, 0.4) is 0 Å². The van der Waals surface area contributed by atoms with Crippen LogP contribution in [-0.4, -0.2) is 36.2 Å². The summed E-state index contributed by atoms with van der Waals surface area (Å²) in [6.07, 6.45) is 5.15. The van der Waals surface area contributed by atoms with Gasteiger partial charge in [0, 0.05) is 25.0 Å². The van der Waals surface area contributed by atoms with Gasteiger partial charge in [-0.05, 0) is 37.5 Å². The Morgan fingerprint density at radius 3 is 2.63 bits per heavy atom. The zero-order valence-electron chi connectivity index (χ0n) is 18.4. The predicted molar refractivity (Wildman–Crippen MR) is 113 cm³/mol. The molecule has 0 N–H and O–H groups in total. The zero-order valence-corrected chi connectivity index (χ0v) is 18.4. The maximum Gasteiger partial charge on any atom is 0.333 e. The molecule has 3 aromatic rings. The van der Waals surface area contributed by atoms with Gasteiger partial charge in [0.1, 0.15) is 6.54 Å². The first-order valence-electron chi connectivity index (χ1n) is 10.3. The molecule has 0 aromatic carbocycles. The van der Waals surface area contributed by atoms with Crippen LogP contribution in [0.15, 0.2) is 15.8 Å². The van der Waals surface area contributed by atoms with Crippen LogP contribution < -0.4 is 11.2 Å². The fourth-order valence-corrected chi connectivity index (χ4v) is 5.30. The van der Waals surface area contributed by atoms with Crippen LogP contribution in [0.4, 0.5) is 0 Å². The van der Waals surface area contributed by atoms with Crippen LogP contribution in [0.2, 0.25) is 0 Å². The molecule has 0 radical (unpaired) electrons. The SMILES string of the molecule is COC(=O)Cn1c(=O)c2c(nc3n([C@H]4C[C@H](C)CC(C)(C)C4)c(C)cn23)n(C)c1=O. The number of aryl methyl sites for hydroxylation is 2. The molecule has 0 saturated heterocycles. The first kappa shape index (κ1) is 20.4. The van der Waals surface area contributed by atoms with Gasteiger partial charge >= 0.3 is 11.7 Å². The minimum Gasteiger partial charge on any atom is -0.468 e. The van der Waals surface area contributed by atoms with Gasteiger partial charge in [-0.1, -0.05) is 20.8 Å². The lowest BCUT2D eigenvalue weighted by Gasteiger charge is -2.39. The number of esters is 1. The van der Waals surface area contributed by atoms with E-state index in [0.29, 0.717) is 22.9 Å². The van der Waals surface area contributed by atoms with Gasteiger partial charge in [0.15, 0.2) is 11.2 Å². The van der Waals surface area contributed by atoms with E-state index in [1.54, 1.807) is 11.4 Å². The molecule has 9 heteroatoms. The highest BCUT2D eigenvalue weighted by molar-refractivity contribution is 5.76. The van der Waals surface area contributed by atoms with Gasteiger partial charge in [-0.3, -0.25) is 18.6 Å². The van der Waals surface area contributed by atoms with Crippen molar-refractivity contribution in [3.8, 4) is 0 Å². The molecular weight excluding hydrogens is 386 g/mol. The van der Waals surface area contributed by atoms with Crippen molar-refractivity contribution in [1.82, 2.24) is 23.1 Å². The molecule has 9 nitrogen and oxygen atoms in total. The monoisotopic (exact) mass is 415 g/mol. The van der Waals surface area contributed by atoms with Gasteiger partial charge in [-0.2, -0.15) is 4.98 Å². The highest BCUT2D eigenvalue weighted by Crippen LogP contribution is 2.44. The Balaban J connectivity index is 1.97. The topological polar surface area (TPSA) is 92.5 Å². The summed E-state index contributed by atoms with van der Waals surface area (Å²) < 4.78 is 10.8. The van der Waals surface area contributed by atoms with Gasteiger partial charge in [0.2, 0.25) is 5.78 Å². The molecule has 162 valence electrons. The lowest BCUT2D eigenvalue weighted by molar-refractivity contribution is -0.141. The van der Waals surface area contributed by atoms with E-state index in [4.69, 9.17) is 4.98 Å². The van der Waals surface area contributed by atoms with Crippen molar-refractivity contribution in [3.05, 3.63) is 32.7 Å². The fourth-order valence-electron chi connectivity index (χ4n) is 5.30. The van der Waals surface area contributed by atoms with Crippen LogP contribution in [0.25, 0.3) is 16.9 Å². The number of aromatic nitrogens is 5. The van der Waals surface area contributed by atoms with E-state index in [1.165, 1.54) is 18.1 Å². The van der Waals surface area contributed by atoms with Crippen LogP contribution in [0.1, 0.15) is 51.8 Å². The minimum atomic E-state index is -0.651. The summed E-state index contributed by atoms with van der Waals surface area (Å²) in [7, 11) is 2.79. The number of methoxy groups -OCH3 is 1. The van der Waals surface area contributed by atoms with Crippen LogP contribution in [0.5, 0.6) is 0 Å². The van der Waals surface area contributed by atoms with Crippen molar-refractivity contribution in [2.24, 2.45) is 18.4 Å². The fraction of sp³-hybridized carbons (Fsp3) is 0.619. The first-order chi connectivity index (χ1) is 14.0. The standard InChI is InChI=1S/C21H29N5O4/c1-12-7-14(9-21(3,4)8-12)26-13(2)10-24-16-17(22-19(24)26)23(5)20(29)25(18(16)28)11-15(27)30-6/h10,12,14H,7-9,11H2,1-6H3/t12-,14-/m0/s1. The maximum absolute atomic E-state index is 13.2. The third-order valence-corrected chi connectivity index (χ3v) is 6.31. The smallest absolute Gasteiger partial charge is 0.333 e. The Morgan fingerprint density at radius 1 is 1.30 bits per heavy atom. The number of carbonyl (C=O) groups excluding carboxylic acids is 1. The second-order valence-electron chi connectivity index (χ2n) is 9.47. The van der Waals surface area contributed by atoms with E-state index in [0.717, 1.165) is 23.1 Å². The van der Waals surface area contributed by atoms with E-state index in [-0.39, 0.29) is 11.5 Å². The summed E-state index contributed by atoms with van der Waals surface area (Å²) in [4.78, 5) is 42.3. The van der Waals surface area contributed by atoms with Gasteiger partial charge < -0.3 is 9.30 Å². The molecule has 30 heavy (non-hydrogen) atoms. The number of ether oxygens (including phenoxy) is 1. The summed E-state index contributed by atoms with van der Waals surface area (Å²) in [6.45, 7) is 8.45. The maximum atomic E-state index is 13.2. The highest BCUT2D eigenvalue weighted by Gasteiger charge is 2.34. The average molecular weight is 415 g/mol. The number of fused-ring (bicyclic) bond motifs is 3. The summed E-state index contributed by atoms with van der Waals surface area (Å²) >= 11 is 0. The van der Waals surface area contributed by atoms with Crippen LogP contribution in [-0.2, 0) is 23.1 Å². The molecule has 0 unspecified atom stereocenters. The lowest BCUT2D eigenvalue weighted by Crippen LogP contribution is -2.41. The number of imidazole rings is 2. The van der Waals surface area contributed by atoms with Gasteiger partial charge in [0.25, 0.3) is 5.56 Å². The molecule has 4 rings (SSSR count). The third-order valence-electron chi connectivity index (χ3n) is 6.31. The average Bonchev–Trinajstić information content (AvgIpc) is 3.15.